The molecule has 2 aliphatic carbocycles. The van der Waals surface area contributed by atoms with Gasteiger partial charge in [-0.3, -0.25) is 0 Å². The molecule has 0 aromatic heterocycles. The van der Waals surface area contributed by atoms with E-state index in [0.717, 1.165) is 31.5 Å². The second-order valence-corrected chi connectivity index (χ2v) is 12.5. The van der Waals surface area contributed by atoms with Crippen molar-refractivity contribution in [1.82, 2.24) is 4.90 Å². The molecule has 4 fully saturated rings. The summed E-state index contributed by atoms with van der Waals surface area (Å²) in [6.07, 6.45) is 11.4. The molecule has 5 nitrogen and oxygen atoms in total. The van der Waals surface area contributed by atoms with Crippen molar-refractivity contribution in [3.8, 4) is 0 Å². The number of nitrogens with zero attached hydrogens (tertiary/aromatic N) is 2. The van der Waals surface area contributed by atoms with E-state index in [1.165, 1.54) is 49.4 Å². The van der Waals surface area contributed by atoms with Crippen LogP contribution in [0.25, 0.3) is 0 Å². The van der Waals surface area contributed by atoms with Gasteiger partial charge in [-0.15, -0.1) is 0 Å². The maximum atomic E-state index is 10.7. The van der Waals surface area contributed by atoms with Crippen LogP contribution < -0.4 is 21.5 Å². The summed E-state index contributed by atoms with van der Waals surface area (Å²) in [5, 5.41) is 10.7. The molecule has 7 atom stereocenters. The van der Waals surface area contributed by atoms with Crippen LogP contribution in [0.3, 0.4) is 0 Å². The summed E-state index contributed by atoms with van der Waals surface area (Å²) in [5.74, 6) is 1.66. The first kappa shape index (κ1) is 18.9. The Morgan fingerprint density at radius 2 is 1.60 bits per heavy atom. The summed E-state index contributed by atoms with van der Waals surface area (Å²) in [4.78, 5) is 2.42. The van der Waals surface area contributed by atoms with E-state index in [0.29, 0.717) is 24.4 Å². The summed E-state index contributed by atoms with van der Waals surface area (Å²) < 4.78 is 12.8. The Morgan fingerprint density at radius 3 is 2.28 bits per heavy atom. The van der Waals surface area contributed by atoms with Crippen LogP contribution in [0.4, 0.5) is 0 Å². The molecule has 0 amide bonds. The van der Waals surface area contributed by atoms with Gasteiger partial charge in [0.2, 0.25) is 0 Å². The van der Waals surface area contributed by atoms with Gasteiger partial charge in [-0.25, -0.2) is 0 Å². The topological polar surface area (TPSA) is 48.5 Å². The van der Waals surface area contributed by atoms with Crippen molar-refractivity contribution >= 4 is 0 Å². The van der Waals surface area contributed by atoms with E-state index in [2.05, 4.69) is 11.9 Å². The molecular weight excluding hydrogens is 431 g/mol. The summed E-state index contributed by atoms with van der Waals surface area (Å²) >= 11 is -0.209. The first-order valence-corrected chi connectivity index (χ1v) is 12.7. The predicted octanol–water partition coefficient (Wildman–Crippen LogP) is -0.717. The molecule has 2 saturated carbocycles. The molecule has 2 heterocycles. The molecule has 0 aromatic carbocycles. The van der Waals surface area contributed by atoms with Gasteiger partial charge in [-0.1, -0.05) is 0 Å². The summed E-state index contributed by atoms with van der Waals surface area (Å²) in [6.45, 7) is 3.03. The van der Waals surface area contributed by atoms with Crippen LogP contribution in [0.2, 0.25) is 0 Å². The van der Waals surface area contributed by atoms with Gasteiger partial charge in [0, 0.05) is 0 Å². The molecule has 4 aliphatic rings. The van der Waals surface area contributed by atoms with Crippen molar-refractivity contribution in [1.29, 1.82) is 0 Å². The third-order valence-corrected chi connectivity index (χ3v) is 10.2. The van der Waals surface area contributed by atoms with E-state index < -0.39 is 0 Å². The predicted molar refractivity (Wildman–Crippen MR) is 91.8 cm³/mol. The third kappa shape index (κ3) is 5.51. The normalized spacial score (nSPS) is 41.9. The monoisotopic (exact) mass is 466 g/mol. The zero-order valence-electron chi connectivity index (χ0n) is 15.8. The number of fused-ring (bicyclic) bond motifs is 2. The van der Waals surface area contributed by atoms with E-state index >= 15 is 0 Å². The summed E-state index contributed by atoms with van der Waals surface area (Å²) in [5.41, 5.74) is 0. The molecule has 2 aliphatic heterocycles. The van der Waals surface area contributed by atoms with Crippen LogP contribution >= 0.6 is 0 Å². The minimum atomic E-state index is -0.209. The number of hydrogen-bond acceptors (Lipinski definition) is 4. The Balaban J connectivity index is 1.09. The molecule has 0 spiro atoms. The number of rotatable bonds is 9. The molecule has 0 bridgehead atoms. The number of hydrogen-bond donors (Lipinski definition) is 1. The van der Waals surface area contributed by atoms with E-state index in [1.807, 2.05) is 7.05 Å². The van der Waals surface area contributed by atoms with Gasteiger partial charge in [0.05, 0.1) is 0 Å². The SMILES string of the molecule is CN(CCC1CCC2OC2C1)CC[N+](C)(O)[I-]CC1CCC2OC2C1. The van der Waals surface area contributed by atoms with Crippen LogP contribution in [0.5, 0.6) is 0 Å². The Kier molecular flexibility index (Phi) is 5.94. The van der Waals surface area contributed by atoms with Gasteiger partial charge in [-0.05, 0) is 0 Å². The number of ether oxygens (including phenoxy) is 2. The number of likely N-dealkylation sites (N-methyl/N-ethyl adjacent to an activating group) is 2. The Morgan fingerprint density at radius 1 is 0.960 bits per heavy atom. The molecule has 25 heavy (non-hydrogen) atoms. The van der Waals surface area contributed by atoms with E-state index in [1.54, 1.807) is 0 Å². The van der Waals surface area contributed by atoms with Crippen molar-refractivity contribution in [2.75, 3.05) is 38.2 Å². The molecule has 4 rings (SSSR count). The van der Waals surface area contributed by atoms with E-state index in [4.69, 9.17) is 9.47 Å². The zero-order valence-corrected chi connectivity index (χ0v) is 17.9. The van der Waals surface area contributed by atoms with Gasteiger partial charge >= 0.3 is 163 Å². The Bertz CT molecular complexity index is 464. The molecule has 7 unspecified atom stereocenters. The molecule has 1 N–H and O–H groups in total. The molecule has 2 saturated heterocycles. The van der Waals surface area contributed by atoms with Crippen molar-refractivity contribution in [3.05, 3.63) is 0 Å². The Labute approximate surface area is 163 Å². The average Bonchev–Trinajstić information content (AvgIpc) is 3.49. The van der Waals surface area contributed by atoms with Crippen LogP contribution in [0, 0.1) is 11.8 Å². The van der Waals surface area contributed by atoms with Gasteiger partial charge in [0.15, 0.2) is 0 Å². The van der Waals surface area contributed by atoms with Crippen LogP contribution in [0.1, 0.15) is 44.9 Å². The van der Waals surface area contributed by atoms with Crippen LogP contribution in [-0.2, 0) is 9.47 Å². The number of hydroxylamine groups is 2. The Hall–Kier alpha value is 0.530. The van der Waals surface area contributed by atoms with Crippen molar-refractivity contribution in [2.45, 2.75) is 69.4 Å². The second kappa shape index (κ2) is 7.87. The molecule has 0 aromatic rings. The first-order chi connectivity index (χ1) is 12.0. The number of alkyl halides is 1. The summed E-state index contributed by atoms with van der Waals surface area (Å²) in [6, 6.07) is 0. The van der Waals surface area contributed by atoms with Crippen molar-refractivity contribution in [3.63, 3.8) is 0 Å². The minimum absolute atomic E-state index is 0.209. The molecule has 6 heteroatoms. The van der Waals surface area contributed by atoms with Crippen LogP contribution in [-0.4, -0.2) is 75.5 Å². The fraction of sp³-hybridized carbons (Fsp3) is 1.00. The second-order valence-electron chi connectivity index (χ2n) is 8.90. The maximum absolute atomic E-state index is 10.7. The summed E-state index contributed by atoms with van der Waals surface area (Å²) in [7, 11) is 4.23. The zero-order chi connectivity index (χ0) is 17.4. The van der Waals surface area contributed by atoms with E-state index in [-0.39, 0.29) is 24.3 Å². The standard InChI is InChI=1S/C19H35IN2O3/c1-21(8-7-14-3-5-16-18(11-14)24-16)9-10-22(2,23)20-13-15-4-6-17-19(12-15)25-17/h14-19,23H,3-13H2,1-2H3. The number of quaternary nitrogens is 1. The fourth-order valence-corrected chi connectivity index (χ4v) is 7.31. The average molecular weight is 466 g/mol. The van der Waals surface area contributed by atoms with Gasteiger partial charge in [0.1, 0.15) is 0 Å². The van der Waals surface area contributed by atoms with Gasteiger partial charge in [0.25, 0.3) is 0 Å². The van der Waals surface area contributed by atoms with Crippen LogP contribution in [0.15, 0.2) is 0 Å². The number of epoxide rings is 2. The molecular formula is C19H35IN2O3. The molecule has 146 valence electrons. The number of halogens is 1. The quantitative estimate of drug-likeness (QED) is 0.160. The molecule has 0 radical (unpaired) electrons. The first-order valence-electron chi connectivity index (χ1n) is 10.2. The van der Waals surface area contributed by atoms with Gasteiger partial charge in [-0.2, -0.15) is 0 Å². The van der Waals surface area contributed by atoms with Gasteiger partial charge < -0.3 is 0 Å². The van der Waals surface area contributed by atoms with Crippen molar-refractivity contribution in [2.24, 2.45) is 11.8 Å². The fourth-order valence-electron chi connectivity index (χ4n) is 4.55. The van der Waals surface area contributed by atoms with Crippen molar-refractivity contribution < 1.29 is 39.0 Å². The van der Waals surface area contributed by atoms with E-state index in [9.17, 15) is 5.21 Å². The third-order valence-electron chi connectivity index (χ3n) is 6.58.